The van der Waals surface area contributed by atoms with Gasteiger partial charge in [0.15, 0.2) is 0 Å². The van der Waals surface area contributed by atoms with E-state index in [4.69, 9.17) is 5.73 Å². The Balaban J connectivity index is 1.91. The van der Waals surface area contributed by atoms with E-state index in [2.05, 4.69) is 10.4 Å². The molecule has 0 saturated heterocycles. The van der Waals surface area contributed by atoms with Gasteiger partial charge in [0, 0.05) is 12.5 Å². The van der Waals surface area contributed by atoms with E-state index < -0.39 is 0 Å². The molecule has 0 unspecified atom stereocenters. The Morgan fingerprint density at radius 2 is 2.25 bits per heavy atom. The van der Waals surface area contributed by atoms with Crippen LogP contribution in [0, 0.1) is 5.82 Å². The molecule has 0 amide bonds. The monoisotopic (exact) mass is 274 g/mol. The Hall–Kier alpha value is -1.88. The number of benzene rings is 1. The van der Waals surface area contributed by atoms with E-state index >= 15 is 0 Å². The zero-order chi connectivity index (χ0) is 13.9. The fourth-order valence-electron chi connectivity index (χ4n) is 2.38. The van der Waals surface area contributed by atoms with Gasteiger partial charge < -0.3 is 11.1 Å². The highest BCUT2D eigenvalue weighted by Gasteiger charge is 2.30. The molecule has 3 N–H and O–H groups in total. The van der Waals surface area contributed by atoms with Crippen molar-refractivity contribution in [2.75, 3.05) is 18.4 Å². The first-order valence-corrected chi connectivity index (χ1v) is 7.07. The molecule has 0 radical (unpaired) electrons. The van der Waals surface area contributed by atoms with Crippen molar-refractivity contribution in [3.8, 4) is 5.69 Å². The minimum absolute atomic E-state index is 0.239. The Morgan fingerprint density at radius 1 is 1.40 bits per heavy atom. The van der Waals surface area contributed by atoms with E-state index in [1.807, 2.05) is 16.9 Å². The third-order valence-electron chi connectivity index (χ3n) is 3.52. The minimum Gasteiger partial charge on any atom is -0.382 e. The summed E-state index contributed by atoms with van der Waals surface area (Å²) in [6.45, 7) is 1.51. The quantitative estimate of drug-likeness (QED) is 0.796. The summed E-state index contributed by atoms with van der Waals surface area (Å²) < 4.78 is 15.2. The molecule has 0 aliphatic heterocycles. The van der Waals surface area contributed by atoms with Crippen LogP contribution in [0.2, 0.25) is 0 Å². The summed E-state index contributed by atoms with van der Waals surface area (Å²) in [5, 5.41) is 7.81. The van der Waals surface area contributed by atoms with Gasteiger partial charge in [-0.05, 0) is 44.0 Å². The van der Waals surface area contributed by atoms with Crippen LogP contribution in [0.1, 0.15) is 30.9 Å². The molecular weight excluding hydrogens is 255 g/mol. The van der Waals surface area contributed by atoms with E-state index in [1.54, 1.807) is 6.07 Å². The standard InChI is InChI=1S/C15H19FN4/c16-12-3-1-4-13(9-12)20-15(11-5-6-11)14(10-19-20)18-8-2-7-17/h1,3-4,9-11,18H,2,5-8,17H2. The first-order chi connectivity index (χ1) is 9.79. The summed E-state index contributed by atoms with van der Waals surface area (Å²) in [4.78, 5) is 0. The van der Waals surface area contributed by atoms with Crippen LogP contribution in [0.5, 0.6) is 0 Å². The van der Waals surface area contributed by atoms with Crippen LogP contribution >= 0.6 is 0 Å². The summed E-state index contributed by atoms with van der Waals surface area (Å²) in [5.74, 6) is 0.290. The van der Waals surface area contributed by atoms with Gasteiger partial charge in [-0.15, -0.1) is 0 Å². The second-order valence-electron chi connectivity index (χ2n) is 5.18. The highest BCUT2D eigenvalue weighted by molar-refractivity contribution is 5.53. The van der Waals surface area contributed by atoms with Crippen LogP contribution in [0.4, 0.5) is 10.1 Å². The summed E-state index contributed by atoms with van der Waals surface area (Å²) in [5.41, 5.74) is 8.50. The molecule has 1 saturated carbocycles. The third-order valence-corrected chi connectivity index (χ3v) is 3.52. The normalized spacial score (nSPS) is 14.5. The Morgan fingerprint density at radius 3 is 2.95 bits per heavy atom. The van der Waals surface area contributed by atoms with Gasteiger partial charge >= 0.3 is 0 Å². The lowest BCUT2D eigenvalue weighted by Crippen LogP contribution is -2.10. The lowest BCUT2D eigenvalue weighted by molar-refractivity contribution is 0.624. The predicted octanol–water partition coefficient (Wildman–Crippen LogP) is 2.65. The lowest BCUT2D eigenvalue weighted by atomic mass is 10.2. The van der Waals surface area contributed by atoms with Crippen molar-refractivity contribution in [1.82, 2.24) is 9.78 Å². The van der Waals surface area contributed by atoms with E-state index in [0.717, 1.165) is 30.0 Å². The van der Waals surface area contributed by atoms with Gasteiger partial charge in [-0.1, -0.05) is 6.07 Å². The van der Waals surface area contributed by atoms with Crippen LogP contribution in [-0.2, 0) is 0 Å². The fourth-order valence-corrected chi connectivity index (χ4v) is 2.38. The molecule has 0 atom stereocenters. The summed E-state index contributed by atoms with van der Waals surface area (Å²) in [7, 11) is 0. The van der Waals surface area contributed by atoms with Gasteiger partial charge in [-0.3, -0.25) is 0 Å². The summed E-state index contributed by atoms with van der Waals surface area (Å²) >= 11 is 0. The molecule has 5 heteroatoms. The zero-order valence-corrected chi connectivity index (χ0v) is 11.3. The number of nitrogens with one attached hydrogen (secondary N) is 1. The van der Waals surface area contributed by atoms with Crippen molar-refractivity contribution in [2.24, 2.45) is 5.73 Å². The van der Waals surface area contributed by atoms with Crippen molar-refractivity contribution in [1.29, 1.82) is 0 Å². The van der Waals surface area contributed by atoms with Crippen molar-refractivity contribution in [3.05, 3.63) is 42.0 Å². The van der Waals surface area contributed by atoms with E-state index in [0.29, 0.717) is 12.5 Å². The number of nitrogens with zero attached hydrogens (tertiary/aromatic N) is 2. The summed E-state index contributed by atoms with van der Waals surface area (Å²) in [6, 6.07) is 6.56. The molecule has 1 aliphatic carbocycles. The number of nitrogens with two attached hydrogens (primary N) is 1. The second kappa shape index (κ2) is 5.63. The molecule has 4 nitrogen and oxygen atoms in total. The molecule has 3 rings (SSSR count). The van der Waals surface area contributed by atoms with E-state index in [9.17, 15) is 4.39 Å². The third kappa shape index (κ3) is 2.67. The van der Waals surface area contributed by atoms with Crippen LogP contribution in [0.15, 0.2) is 30.5 Å². The number of anilines is 1. The molecule has 1 aromatic carbocycles. The molecule has 0 spiro atoms. The Labute approximate surface area is 117 Å². The number of hydrogen-bond donors (Lipinski definition) is 2. The van der Waals surface area contributed by atoms with Gasteiger partial charge in [0.1, 0.15) is 5.82 Å². The maximum atomic E-state index is 13.4. The highest BCUT2D eigenvalue weighted by atomic mass is 19.1. The van der Waals surface area contributed by atoms with Gasteiger partial charge in [-0.2, -0.15) is 5.10 Å². The van der Waals surface area contributed by atoms with Crippen molar-refractivity contribution >= 4 is 5.69 Å². The van der Waals surface area contributed by atoms with Crippen LogP contribution in [0.25, 0.3) is 5.69 Å². The molecule has 2 aromatic rings. The Bertz CT molecular complexity index is 589. The Kier molecular flexibility index (Phi) is 3.69. The zero-order valence-electron chi connectivity index (χ0n) is 11.3. The van der Waals surface area contributed by atoms with Gasteiger partial charge in [0.05, 0.1) is 23.3 Å². The predicted molar refractivity (Wildman–Crippen MR) is 77.7 cm³/mol. The SMILES string of the molecule is NCCCNc1cnn(-c2cccc(F)c2)c1C1CC1. The number of halogens is 1. The van der Waals surface area contributed by atoms with Gasteiger partial charge in [0.25, 0.3) is 0 Å². The topological polar surface area (TPSA) is 55.9 Å². The largest absolute Gasteiger partial charge is 0.382 e. The number of rotatable bonds is 6. The van der Waals surface area contributed by atoms with Crippen LogP contribution in [-0.4, -0.2) is 22.9 Å². The average molecular weight is 274 g/mol. The molecular formula is C15H19FN4. The molecule has 1 aliphatic rings. The highest BCUT2D eigenvalue weighted by Crippen LogP contribution is 2.44. The van der Waals surface area contributed by atoms with Crippen LogP contribution < -0.4 is 11.1 Å². The van der Waals surface area contributed by atoms with E-state index in [-0.39, 0.29) is 5.82 Å². The maximum Gasteiger partial charge on any atom is 0.125 e. The number of hydrogen-bond acceptors (Lipinski definition) is 3. The van der Waals surface area contributed by atoms with Crippen molar-refractivity contribution in [3.63, 3.8) is 0 Å². The first-order valence-electron chi connectivity index (χ1n) is 7.07. The van der Waals surface area contributed by atoms with Crippen LogP contribution in [0.3, 0.4) is 0 Å². The van der Waals surface area contributed by atoms with Crippen molar-refractivity contribution in [2.45, 2.75) is 25.2 Å². The summed E-state index contributed by atoms with van der Waals surface area (Å²) in [6.07, 6.45) is 5.10. The maximum absolute atomic E-state index is 13.4. The van der Waals surface area contributed by atoms with Gasteiger partial charge in [0.2, 0.25) is 0 Å². The fraction of sp³-hybridized carbons (Fsp3) is 0.400. The smallest absolute Gasteiger partial charge is 0.125 e. The lowest BCUT2D eigenvalue weighted by Gasteiger charge is -2.10. The van der Waals surface area contributed by atoms with Gasteiger partial charge in [-0.25, -0.2) is 9.07 Å². The van der Waals surface area contributed by atoms with E-state index in [1.165, 1.54) is 25.0 Å². The number of aromatic nitrogens is 2. The second-order valence-corrected chi connectivity index (χ2v) is 5.18. The first kappa shape index (κ1) is 13.1. The van der Waals surface area contributed by atoms with Crippen molar-refractivity contribution < 1.29 is 4.39 Å². The molecule has 106 valence electrons. The molecule has 20 heavy (non-hydrogen) atoms. The molecule has 1 aromatic heterocycles. The molecule has 0 bridgehead atoms. The minimum atomic E-state index is -0.239. The molecule has 1 heterocycles. The average Bonchev–Trinajstić information content (AvgIpc) is 3.20. The molecule has 1 fully saturated rings.